The molecule has 0 fully saturated rings. The zero-order chi connectivity index (χ0) is 37.0. The summed E-state index contributed by atoms with van der Waals surface area (Å²) in [7, 11) is 0. The van der Waals surface area contributed by atoms with Gasteiger partial charge in [0.25, 0.3) is 0 Å². The number of carbonyl (C=O) groups excluding carboxylic acids is 2. The van der Waals surface area contributed by atoms with Gasteiger partial charge < -0.3 is 36.2 Å². The second kappa shape index (κ2) is 27.6. The number of aliphatic hydroxyl groups excluding tert-OH is 3. The van der Waals surface area contributed by atoms with E-state index < -0.39 is 42.7 Å². The van der Waals surface area contributed by atoms with E-state index in [1.54, 1.807) is 0 Å². The summed E-state index contributed by atoms with van der Waals surface area (Å²) in [6.45, 7) is -0.421. The lowest BCUT2D eigenvalue weighted by molar-refractivity contribution is -0.147. The zero-order valence-electron chi connectivity index (χ0n) is 28.9. The van der Waals surface area contributed by atoms with Gasteiger partial charge in [0.15, 0.2) is 6.10 Å². The average molecular weight is 702 g/mol. The number of nitrogens with one attached hydrogen (secondary N) is 2. The number of aliphatic carboxylic acids is 2. The zero-order valence-corrected chi connectivity index (χ0v) is 28.9. The number of unbranched alkanes of at least 4 members (excludes halogenated alkanes) is 7. The van der Waals surface area contributed by atoms with Gasteiger partial charge in [-0.25, -0.2) is 4.79 Å². The molecule has 2 aromatic carbocycles. The third-order valence-electron chi connectivity index (χ3n) is 8.05. The SMILES string of the molecule is O=C(O)CCCCCCCCCCc1ccc(CC(=O)NCC(O)CCC(CCC(O)C(=O)O)NC(=O)CO)cc1.O=NCc1ccccc1. The van der Waals surface area contributed by atoms with Gasteiger partial charge in [-0.15, -0.1) is 0 Å². The van der Waals surface area contributed by atoms with Crippen LogP contribution in [0.25, 0.3) is 0 Å². The highest BCUT2D eigenvalue weighted by molar-refractivity contribution is 5.78. The molecule has 0 aliphatic heterocycles. The molecule has 0 aromatic heterocycles. The largest absolute Gasteiger partial charge is 0.481 e. The van der Waals surface area contributed by atoms with Gasteiger partial charge in [0, 0.05) is 19.0 Å². The third kappa shape index (κ3) is 23.2. The summed E-state index contributed by atoms with van der Waals surface area (Å²) in [5, 5.41) is 54.1. The van der Waals surface area contributed by atoms with Gasteiger partial charge >= 0.3 is 11.9 Å². The fourth-order valence-electron chi connectivity index (χ4n) is 5.17. The third-order valence-corrected chi connectivity index (χ3v) is 8.05. The van der Waals surface area contributed by atoms with Crippen molar-refractivity contribution in [3.8, 4) is 0 Å². The van der Waals surface area contributed by atoms with Gasteiger partial charge in [0.05, 0.1) is 12.5 Å². The van der Waals surface area contributed by atoms with E-state index in [1.807, 2.05) is 54.6 Å². The van der Waals surface area contributed by atoms with Crippen molar-refractivity contribution in [2.24, 2.45) is 5.18 Å². The lowest BCUT2D eigenvalue weighted by Gasteiger charge is -2.21. The number of nitrogens with zero attached hydrogens (tertiary/aromatic N) is 1. The lowest BCUT2D eigenvalue weighted by Crippen LogP contribution is -2.39. The molecule has 0 heterocycles. The summed E-state index contributed by atoms with van der Waals surface area (Å²) in [5.74, 6) is -2.94. The summed E-state index contributed by atoms with van der Waals surface area (Å²) < 4.78 is 0. The molecule has 7 N–H and O–H groups in total. The second-order valence-corrected chi connectivity index (χ2v) is 12.4. The number of aryl methyl sites for hydroxylation is 1. The first kappa shape index (κ1) is 43.8. The van der Waals surface area contributed by atoms with Gasteiger partial charge in [0.1, 0.15) is 13.2 Å². The summed E-state index contributed by atoms with van der Waals surface area (Å²) >= 11 is 0. The van der Waals surface area contributed by atoms with Crippen LogP contribution in [0, 0.1) is 4.91 Å². The molecule has 2 rings (SSSR count). The molecule has 0 saturated heterocycles. The first-order chi connectivity index (χ1) is 24.0. The number of rotatable bonds is 26. The topological polar surface area (TPSA) is 223 Å². The number of hydrogen-bond acceptors (Lipinski definition) is 9. The number of hydrogen-bond donors (Lipinski definition) is 7. The molecule has 2 amide bonds. The highest BCUT2D eigenvalue weighted by atomic mass is 16.4. The van der Waals surface area contributed by atoms with Crippen LogP contribution in [0.1, 0.15) is 100 Å². The smallest absolute Gasteiger partial charge is 0.332 e. The lowest BCUT2D eigenvalue weighted by atomic mass is 10.0. The van der Waals surface area contributed by atoms with Crippen LogP contribution in [0.15, 0.2) is 59.8 Å². The molecule has 3 atom stereocenters. The average Bonchev–Trinajstić information content (AvgIpc) is 3.10. The minimum Gasteiger partial charge on any atom is -0.481 e. The first-order valence-corrected chi connectivity index (χ1v) is 17.4. The van der Waals surface area contributed by atoms with Crippen molar-refractivity contribution in [1.82, 2.24) is 10.6 Å². The Kier molecular flexibility index (Phi) is 24.2. The van der Waals surface area contributed by atoms with Crippen molar-refractivity contribution in [3.05, 3.63) is 76.2 Å². The summed E-state index contributed by atoms with van der Waals surface area (Å²) in [6, 6.07) is 16.8. The minimum absolute atomic E-state index is 0.0255. The Labute approximate surface area is 294 Å². The molecule has 13 heteroatoms. The fourth-order valence-corrected chi connectivity index (χ4v) is 5.17. The number of carboxylic acid groups (broad SMARTS) is 2. The van der Waals surface area contributed by atoms with Gasteiger partial charge in [-0.05, 0) is 61.6 Å². The molecule has 0 spiro atoms. The van der Waals surface area contributed by atoms with Crippen molar-refractivity contribution >= 4 is 23.8 Å². The van der Waals surface area contributed by atoms with Crippen LogP contribution < -0.4 is 10.6 Å². The number of aliphatic hydroxyl groups is 3. The molecule has 0 saturated carbocycles. The van der Waals surface area contributed by atoms with E-state index in [0.29, 0.717) is 0 Å². The normalized spacial score (nSPS) is 12.5. The van der Waals surface area contributed by atoms with E-state index in [1.165, 1.54) is 18.4 Å². The van der Waals surface area contributed by atoms with Gasteiger partial charge in [-0.3, -0.25) is 14.4 Å². The minimum atomic E-state index is -1.56. The van der Waals surface area contributed by atoms with E-state index in [-0.39, 0.29) is 57.5 Å². The summed E-state index contributed by atoms with van der Waals surface area (Å²) in [6.07, 6.45) is 8.14. The van der Waals surface area contributed by atoms with Crippen LogP contribution in [0.2, 0.25) is 0 Å². The maximum atomic E-state index is 12.3. The quantitative estimate of drug-likeness (QED) is 0.0545. The van der Waals surface area contributed by atoms with Crippen molar-refractivity contribution in [2.75, 3.05) is 13.2 Å². The van der Waals surface area contributed by atoms with E-state index in [2.05, 4.69) is 15.8 Å². The molecule has 0 radical (unpaired) electrons. The standard InChI is InChI=1S/C30H48N2O9.C7H7NO/c33-21-28(37)32-24(16-18-26(35)30(40)41)15-17-25(34)20-31-27(36)19-23-13-11-22(12-14-23)9-7-5-3-1-2-4-6-8-10-29(38)39;9-8-6-7-4-2-1-3-5-7/h11-14,24-26,33-35H,1-10,15-21H2,(H,31,36)(H,32,37)(H,38,39)(H,40,41);1-5H,6H2. The van der Waals surface area contributed by atoms with Crippen LogP contribution >= 0.6 is 0 Å². The predicted octanol–water partition coefficient (Wildman–Crippen LogP) is 4.28. The fraction of sp³-hybridized carbons (Fsp3) is 0.568. The molecule has 3 unspecified atom stereocenters. The van der Waals surface area contributed by atoms with E-state index >= 15 is 0 Å². The second-order valence-electron chi connectivity index (χ2n) is 12.4. The number of benzene rings is 2. The summed E-state index contributed by atoms with van der Waals surface area (Å²) in [5.41, 5.74) is 3.05. The number of nitroso groups, excluding NO2 is 1. The van der Waals surface area contributed by atoms with Crippen molar-refractivity contribution < 1.29 is 44.7 Å². The van der Waals surface area contributed by atoms with Gasteiger partial charge in [0.2, 0.25) is 11.8 Å². The Balaban J connectivity index is 0.00000119. The first-order valence-electron chi connectivity index (χ1n) is 17.4. The number of amides is 2. The van der Waals surface area contributed by atoms with Crippen molar-refractivity contribution in [2.45, 2.75) is 121 Å². The molecule has 0 aliphatic carbocycles. The Hall–Kier alpha value is -4.20. The Morgan fingerprint density at radius 2 is 1.26 bits per heavy atom. The van der Waals surface area contributed by atoms with Crippen LogP contribution in [-0.4, -0.2) is 80.7 Å². The van der Waals surface area contributed by atoms with E-state index in [9.17, 15) is 34.3 Å². The maximum Gasteiger partial charge on any atom is 0.332 e. The van der Waals surface area contributed by atoms with Crippen molar-refractivity contribution in [3.63, 3.8) is 0 Å². The highest BCUT2D eigenvalue weighted by Crippen LogP contribution is 2.14. The van der Waals surface area contributed by atoms with Crippen LogP contribution in [0.5, 0.6) is 0 Å². The molecule has 2 aromatic rings. The molecule has 0 aliphatic rings. The van der Waals surface area contributed by atoms with Gasteiger partial charge in [-0.1, -0.05) is 98.3 Å². The Morgan fingerprint density at radius 1 is 0.680 bits per heavy atom. The number of carboxylic acids is 2. The maximum absolute atomic E-state index is 12.3. The highest BCUT2D eigenvalue weighted by Gasteiger charge is 2.19. The Bertz CT molecular complexity index is 1240. The molecule has 0 bridgehead atoms. The van der Waals surface area contributed by atoms with Crippen LogP contribution in [0.3, 0.4) is 0 Å². The summed E-state index contributed by atoms with van der Waals surface area (Å²) in [4.78, 5) is 54.9. The molecular weight excluding hydrogens is 646 g/mol. The van der Waals surface area contributed by atoms with Crippen molar-refractivity contribution in [1.29, 1.82) is 0 Å². The predicted molar refractivity (Wildman–Crippen MR) is 189 cm³/mol. The van der Waals surface area contributed by atoms with Crippen LogP contribution in [0.4, 0.5) is 0 Å². The molecular formula is C37H55N3O10. The monoisotopic (exact) mass is 701 g/mol. The molecule has 278 valence electrons. The molecule has 13 nitrogen and oxygen atoms in total. The van der Waals surface area contributed by atoms with Crippen LogP contribution in [-0.2, 0) is 38.6 Å². The number of carbonyl (C=O) groups is 4. The van der Waals surface area contributed by atoms with E-state index in [0.717, 1.165) is 56.1 Å². The Morgan fingerprint density at radius 3 is 1.84 bits per heavy atom. The molecule has 50 heavy (non-hydrogen) atoms. The van der Waals surface area contributed by atoms with Gasteiger partial charge in [-0.2, -0.15) is 4.91 Å². The van der Waals surface area contributed by atoms with E-state index in [4.69, 9.17) is 15.3 Å².